The van der Waals surface area contributed by atoms with Gasteiger partial charge in [-0.2, -0.15) is 5.26 Å². The number of nitrogens with one attached hydrogen (secondary N) is 3. The number of unbranched alkanes of at least 4 members (excludes halogenated alkanes) is 1. The van der Waals surface area contributed by atoms with Crippen LogP contribution in [0.2, 0.25) is 0 Å². The second kappa shape index (κ2) is 10.9. The molecule has 0 unspecified atom stereocenters. The van der Waals surface area contributed by atoms with E-state index in [0.717, 1.165) is 38.2 Å². The first-order valence-corrected chi connectivity index (χ1v) is 10.3. The van der Waals surface area contributed by atoms with E-state index in [4.69, 9.17) is 5.26 Å². The van der Waals surface area contributed by atoms with Crippen LogP contribution in [-0.2, 0) is 19.5 Å². The van der Waals surface area contributed by atoms with Crippen LogP contribution >= 0.6 is 0 Å². The summed E-state index contributed by atoms with van der Waals surface area (Å²) in [5, 5.41) is 18.9. The molecule has 0 spiro atoms. The molecule has 2 aromatic rings. The molecule has 0 bridgehead atoms. The molecule has 3 rings (SSSR count). The average Bonchev–Trinajstić information content (AvgIpc) is 3.48. The summed E-state index contributed by atoms with van der Waals surface area (Å²) < 4.78 is 0. The first kappa shape index (κ1) is 20.5. The highest BCUT2D eigenvalue weighted by molar-refractivity contribution is 5.21. The monoisotopic (exact) mass is 377 g/mol. The molecule has 1 saturated carbocycles. The summed E-state index contributed by atoms with van der Waals surface area (Å²) in [4.78, 5) is 4.41. The smallest absolute Gasteiger partial charge is 0.0843 e. The van der Waals surface area contributed by atoms with E-state index < -0.39 is 0 Å². The van der Waals surface area contributed by atoms with Crippen molar-refractivity contribution in [3.8, 4) is 6.07 Å². The Bertz CT molecular complexity index is 749. The van der Waals surface area contributed by atoms with Gasteiger partial charge in [-0.05, 0) is 68.5 Å². The zero-order valence-electron chi connectivity index (χ0n) is 16.6. The zero-order chi connectivity index (χ0) is 19.5. The molecule has 148 valence electrons. The zero-order valence-corrected chi connectivity index (χ0v) is 16.6. The Kier molecular flexibility index (Phi) is 7.98. The molecule has 3 N–H and O–H groups in total. The molecular formula is C23H31N5. The quantitative estimate of drug-likeness (QED) is 0.370. The van der Waals surface area contributed by atoms with Crippen LogP contribution in [0.3, 0.4) is 0 Å². The van der Waals surface area contributed by atoms with E-state index in [2.05, 4.69) is 63.4 Å². The first-order chi connectivity index (χ1) is 13.8. The molecule has 0 saturated heterocycles. The molecule has 1 fully saturated rings. The highest BCUT2D eigenvalue weighted by Crippen LogP contribution is 2.38. The molecule has 0 radical (unpaired) electrons. The highest BCUT2D eigenvalue weighted by atomic mass is 15.0. The van der Waals surface area contributed by atoms with Crippen molar-refractivity contribution in [3.05, 3.63) is 65.5 Å². The molecule has 5 heteroatoms. The highest BCUT2D eigenvalue weighted by Gasteiger charge is 2.41. The van der Waals surface area contributed by atoms with Gasteiger partial charge in [-0.1, -0.05) is 30.3 Å². The molecule has 0 amide bonds. The maximum atomic E-state index is 8.58. The lowest BCUT2D eigenvalue weighted by molar-refractivity contribution is 0.475. The fourth-order valence-corrected chi connectivity index (χ4v) is 3.50. The predicted molar refractivity (Wildman–Crippen MR) is 113 cm³/mol. The maximum Gasteiger partial charge on any atom is 0.0843 e. The minimum absolute atomic E-state index is 0.360. The minimum atomic E-state index is 0.360. The van der Waals surface area contributed by atoms with Gasteiger partial charge in [0.2, 0.25) is 0 Å². The lowest BCUT2D eigenvalue weighted by Crippen LogP contribution is -2.34. The SMILES string of the molecule is N#CCNCc1ccnc(CNCCCCNC2(Cc3ccccc3)CC2)c1. The first-order valence-electron chi connectivity index (χ1n) is 10.3. The van der Waals surface area contributed by atoms with Crippen molar-refractivity contribution in [2.24, 2.45) is 0 Å². The number of nitrogens with zero attached hydrogens (tertiary/aromatic N) is 2. The van der Waals surface area contributed by atoms with Crippen molar-refractivity contribution >= 4 is 0 Å². The Balaban J connectivity index is 1.26. The lowest BCUT2D eigenvalue weighted by atomic mass is 10.0. The van der Waals surface area contributed by atoms with E-state index in [-0.39, 0.29) is 0 Å². The molecule has 1 aliphatic rings. The van der Waals surface area contributed by atoms with Gasteiger partial charge in [-0.15, -0.1) is 0 Å². The Morgan fingerprint density at radius 2 is 1.79 bits per heavy atom. The van der Waals surface area contributed by atoms with Crippen LogP contribution in [0.25, 0.3) is 0 Å². The van der Waals surface area contributed by atoms with E-state index in [9.17, 15) is 0 Å². The van der Waals surface area contributed by atoms with E-state index in [1.54, 1.807) is 0 Å². The van der Waals surface area contributed by atoms with Crippen molar-refractivity contribution in [3.63, 3.8) is 0 Å². The Labute approximate surface area is 168 Å². The summed E-state index contributed by atoms with van der Waals surface area (Å²) in [5.74, 6) is 0. The van der Waals surface area contributed by atoms with E-state index in [1.807, 2.05) is 12.3 Å². The minimum Gasteiger partial charge on any atom is -0.311 e. The molecular weight excluding hydrogens is 346 g/mol. The summed E-state index contributed by atoms with van der Waals surface area (Å²) in [6.45, 7) is 3.96. The maximum absolute atomic E-state index is 8.58. The number of hydrogen-bond acceptors (Lipinski definition) is 5. The van der Waals surface area contributed by atoms with Gasteiger partial charge in [0.25, 0.3) is 0 Å². The topological polar surface area (TPSA) is 72.8 Å². The number of rotatable bonds is 13. The van der Waals surface area contributed by atoms with Crippen molar-refractivity contribution in [2.45, 2.75) is 50.7 Å². The number of hydrogen-bond donors (Lipinski definition) is 3. The molecule has 0 aliphatic heterocycles. The molecule has 1 aromatic heterocycles. The van der Waals surface area contributed by atoms with Crippen LogP contribution in [0, 0.1) is 11.3 Å². The van der Waals surface area contributed by atoms with Gasteiger partial charge < -0.3 is 16.0 Å². The number of aromatic nitrogens is 1. The lowest BCUT2D eigenvalue weighted by Gasteiger charge is -2.17. The predicted octanol–water partition coefficient (Wildman–Crippen LogP) is 2.93. The van der Waals surface area contributed by atoms with E-state index in [0.29, 0.717) is 18.6 Å². The Morgan fingerprint density at radius 3 is 2.57 bits per heavy atom. The third-order valence-corrected chi connectivity index (χ3v) is 5.24. The van der Waals surface area contributed by atoms with Crippen molar-refractivity contribution < 1.29 is 0 Å². The van der Waals surface area contributed by atoms with Gasteiger partial charge in [-0.25, -0.2) is 0 Å². The van der Waals surface area contributed by atoms with Crippen LogP contribution in [0.1, 0.15) is 42.5 Å². The Morgan fingerprint density at radius 1 is 0.964 bits per heavy atom. The number of pyridine rings is 1. The van der Waals surface area contributed by atoms with Crippen molar-refractivity contribution in [1.29, 1.82) is 5.26 Å². The summed E-state index contributed by atoms with van der Waals surface area (Å²) >= 11 is 0. The summed E-state index contributed by atoms with van der Waals surface area (Å²) in [6, 6.07) is 17.0. The number of nitriles is 1. The van der Waals surface area contributed by atoms with Gasteiger partial charge in [0.1, 0.15) is 0 Å². The Hall–Kier alpha value is -2.26. The molecule has 5 nitrogen and oxygen atoms in total. The summed E-state index contributed by atoms with van der Waals surface area (Å²) in [6.07, 6.45) is 7.94. The second-order valence-electron chi connectivity index (χ2n) is 7.67. The summed E-state index contributed by atoms with van der Waals surface area (Å²) in [5.41, 5.74) is 4.01. The van der Waals surface area contributed by atoms with Gasteiger partial charge >= 0.3 is 0 Å². The molecule has 1 aliphatic carbocycles. The van der Waals surface area contributed by atoms with Crippen LogP contribution in [0.5, 0.6) is 0 Å². The van der Waals surface area contributed by atoms with Crippen LogP contribution < -0.4 is 16.0 Å². The van der Waals surface area contributed by atoms with E-state index >= 15 is 0 Å². The normalized spacial score (nSPS) is 14.5. The average molecular weight is 378 g/mol. The van der Waals surface area contributed by atoms with Gasteiger partial charge in [0.05, 0.1) is 18.3 Å². The van der Waals surface area contributed by atoms with Gasteiger partial charge in [0, 0.05) is 24.8 Å². The van der Waals surface area contributed by atoms with Crippen LogP contribution in [0.15, 0.2) is 48.7 Å². The van der Waals surface area contributed by atoms with Gasteiger partial charge in [-0.3, -0.25) is 4.98 Å². The molecule has 1 heterocycles. The standard InChI is InChI=1S/C23H31N5/c24-11-15-26-18-21-8-14-27-22(16-21)19-25-12-4-5-13-28-23(9-10-23)17-20-6-2-1-3-7-20/h1-3,6-8,14,16,25-26,28H,4-5,9-10,12-13,15,17-19H2. The van der Waals surface area contributed by atoms with Gasteiger partial charge in [0.15, 0.2) is 0 Å². The van der Waals surface area contributed by atoms with Crippen molar-refractivity contribution in [1.82, 2.24) is 20.9 Å². The molecule has 28 heavy (non-hydrogen) atoms. The molecule has 1 aromatic carbocycles. The fourth-order valence-electron chi connectivity index (χ4n) is 3.50. The van der Waals surface area contributed by atoms with Crippen LogP contribution in [-0.4, -0.2) is 30.2 Å². The summed E-state index contributed by atoms with van der Waals surface area (Å²) in [7, 11) is 0. The largest absolute Gasteiger partial charge is 0.311 e. The third kappa shape index (κ3) is 7.05. The number of benzene rings is 1. The van der Waals surface area contributed by atoms with Crippen molar-refractivity contribution in [2.75, 3.05) is 19.6 Å². The van der Waals surface area contributed by atoms with Crippen LogP contribution in [0.4, 0.5) is 0 Å². The third-order valence-electron chi connectivity index (χ3n) is 5.24. The van der Waals surface area contributed by atoms with E-state index in [1.165, 1.54) is 30.4 Å². The fraction of sp³-hybridized carbons (Fsp3) is 0.478. The molecule has 0 atom stereocenters. The second-order valence-corrected chi connectivity index (χ2v) is 7.67.